The van der Waals surface area contributed by atoms with Crippen LogP contribution in [0.3, 0.4) is 0 Å². The van der Waals surface area contributed by atoms with Crippen LogP contribution >= 0.6 is 0 Å². The minimum atomic E-state index is 0.530. The maximum absolute atomic E-state index is 5.49. The third kappa shape index (κ3) is 2.03. The van der Waals surface area contributed by atoms with E-state index in [0.717, 1.165) is 16.9 Å². The largest absolute Gasteiger partial charge is 0.372 e. The molecule has 2 aromatic rings. The predicted molar refractivity (Wildman–Crippen MR) is 64.5 cm³/mol. The van der Waals surface area contributed by atoms with Crippen molar-refractivity contribution < 1.29 is 4.74 Å². The lowest BCUT2D eigenvalue weighted by atomic mass is 10.4. The summed E-state index contributed by atoms with van der Waals surface area (Å²) in [6.45, 7) is 1.65. The van der Waals surface area contributed by atoms with E-state index in [1.54, 1.807) is 6.20 Å². The van der Waals surface area contributed by atoms with Gasteiger partial charge in [-0.1, -0.05) is 0 Å². The second-order valence-corrected chi connectivity index (χ2v) is 4.33. The van der Waals surface area contributed by atoms with Crippen LogP contribution in [0.5, 0.6) is 0 Å². The molecule has 0 aliphatic heterocycles. The number of fused-ring (bicyclic) bond motifs is 1. The maximum atomic E-state index is 5.49. The zero-order valence-electron chi connectivity index (χ0n) is 9.67. The number of nitrogens with two attached hydrogens (primary N) is 1. The Labute approximate surface area is 99.6 Å². The zero-order chi connectivity index (χ0) is 11.7. The summed E-state index contributed by atoms with van der Waals surface area (Å²) in [5.74, 6) is 0.990. The minimum Gasteiger partial charge on any atom is -0.372 e. The van der Waals surface area contributed by atoms with E-state index in [9.17, 15) is 0 Å². The fraction of sp³-hybridized carbons (Fsp3) is 0.500. The molecule has 0 amide bonds. The number of ether oxygens (including phenoxy) is 1. The Kier molecular flexibility index (Phi) is 2.78. The van der Waals surface area contributed by atoms with Gasteiger partial charge in [-0.2, -0.15) is 0 Å². The second-order valence-electron chi connectivity index (χ2n) is 4.33. The van der Waals surface area contributed by atoms with Crippen molar-refractivity contribution in [3.8, 4) is 0 Å². The molecule has 1 aliphatic carbocycles. The van der Waals surface area contributed by atoms with E-state index in [2.05, 4.69) is 14.5 Å². The molecular formula is C12H16N4O. The number of hydrogen-bond acceptors (Lipinski definition) is 4. The molecule has 2 aromatic heterocycles. The lowest BCUT2D eigenvalue weighted by Crippen LogP contribution is -2.10. The molecule has 17 heavy (non-hydrogen) atoms. The highest BCUT2D eigenvalue weighted by Crippen LogP contribution is 2.38. The van der Waals surface area contributed by atoms with Crippen LogP contribution in [0, 0.1) is 0 Å². The molecule has 2 heterocycles. The van der Waals surface area contributed by atoms with E-state index in [-0.39, 0.29) is 0 Å². The van der Waals surface area contributed by atoms with Crippen LogP contribution in [0.15, 0.2) is 18.5 Å². The molecule has 1 aliphatic rings. The molecule has 0 aromatic carbocycles. The molecule has 0 atom stereocenters. The normalized spacial score (nSPS) is 15.6. The van der Waals surface area contributed by atoms with Gasteiger partial charge >= 0.3 is 0 Å². The summed E-state index contributed by atoms with van der Waals surface area (Å²) in [5.41, 5.74) is 7.53. The van der Waals surface area contributed by atoms with Crippen molar-refractivity contribution in [3.63, 3.8) is 0 Å². The molecule has 1 fully saturated rings. The highest BCUT2D eigenvalue weighted by Gasteiger charge is 2.28. The standard InChI is InChI=1S/C12H16N4O/c13-4-6-17-8-12-15-10-7-14-5-3-11(10)16(12)9-1-2-9/h3,5,7,9H,1-2,4,6,8,13H2. The first-order chi connectivity index (χ1) is 8.40. The summed E-state index contributed by atoms with van der Waals surface area (Å²) in [6.07, 6.45) is 6.09. The summed E-state index contributed by atoms with van der Waals surface area (Å²) < 4.78 is 7.77. The molecule has 2 N–H and O–H groups in total. The summed E-state index contributed by atoms with van der Waals surface area (Å²) in [6, 6.07) is 2.62. The van der Waals surface area contributed by atoms with Gasteiger partial charge in [-0.15, -0.1) is 0 Å². The van der Waals surface area contributed by atoms with Crippen molar-refractivity contribution in [2.24, 2.45) is 5.73 Å². The molecular weight excluding hydrogens is 216 g/mol. The highest BCUT2D eigenvalue weighted by atomic mass is 16.5. The van der Waals surface area contributed by atoms with Crippen molar-refractivity contribution >= 4 is 11.0 Å². The van der Waals surface area contributed by atoms with Crippen molar-refractivity contribution in [1.29, 1.82) is 0 Å². The van der Waals surface area contributed by atoms with Crippen molar-refractivity contribution in [2.75, 3.05) is 13.2 Å². The summed E-state index contributed by atoms with van der Waals surface area (Å²) >= 11 is 0. The fourth-order valence-corrected chi connectivity index (χ4v) is 2.09. The van der Waals surface area contributed by atoms with Crippen LogP contribution < -0.4 is 5.73 Å². The maximum Gasteiger partial charge on any atom is 0.136 e. The summed E-state index contributed by atoms with van der Waals surface area (Å²) in [4.78, 5) is 8.69. The molecule has 0 unspecified atom stereocenters. The Bertz CT molecular complexity index is 518. The first kappa shape index (κ1) is 10.7. The monoisotopic (exact) mass is 232 g/mol. The number of hydrogen-bond donors (Lipinski definition) is 1. The topological polar surface area (TPSA) is 66.0 Å². The van der Waals surface area contributed by atoms with Gasteiger partial charge in [-0.25, -0.2) is 4.98 Å². The lowest BCUT2D eigenvalue weighted by molar-refractivity contribution is 0.120. The lowest BCUT2D eigenvalue weighted by Gasteiger charge is -2.07. The van der Waals surface area contributed by atoms with Crippen LogP contribution in [-0.2, 0) is 11.3 Å². The van der Waals surface area contributed by atoms with Crippen molar-refractivity contribution in [3.05, 3.63) is 24.3 Å². The van der Waals surface area contributed by atoms with Crippen LogP contribution in [-0.4, -0.2) is 27.7 Å². The molecule has 5 nitrogen and oxygen atoms in total. The summed E-state index contributed by atoms with van der Waals surface area (Å²) in [5, 5.41) is 0. The number of rotatable bonds is 5. The molecule has 1 saturated carbocycles. The van der Waals surface area contributed by atoms with Gasteiger partial charge in [-0.3, -0.25) is 4.98 Å². The third-order valence-electron chi connectivity index (χ3n) is 2.97. The average Bonchev–Trinajstić information content (AvgIpc) is 3.11. The molecule has 0 saturated heterocycles. The number of nitrogens with zero attached hydrogens (tertiary/aromatic N) is 3. The Morgan fingerprint density at radius 3 is 3.12 bits per heavy atom. The van der Waals surface area contributed by atoms with Crippen LogP contribution in [0.25, 0.3) is 11.0 Å². The van der Waals surface area contributed by atoms with E-state index in [0.29, 0.717) is 25.8 Å². The van der Waals surface area contributed by atoms with E-state index in [1.807, 2.05) is 12.3 Å². The van der Waals surface area contributed by atoms with Gasteiger partial charge in [0.25, 0.3) is 0 Å². The van der Waals surface area contributed by atoms with Crippen molar-refractivity contribution in [1.82, 2.24) is 14.5 Å². The second kappa shape index (κ2) is 4.43. The Hall–Kier alpha value is -1.46. The van der Waals surface area contributed by atoms with E-state index in [4.69, 9.17) is 10.5 Å². The van der Waals surface area contributed by atoms with Gasteiger partial charge in [0.1, 0.15) is 17.9 Å². The SMILES string of the molecule is NCCOCc1nc2cnccc2n1C1CC1. The smallest absolute Gasteiger partial charge is 0.136 e. The molecule has 90 valence electrons. The van der Waals surface area contributed by atoms with Gasteiger partial charge in [0.2, 0.25) is 0 Å². The quantitative estimate of drug-likeness (QED) is 0.788. The van der Waals surface area contributed by atoms with Gasteiger partial charge in [0.05, 0.1) is 18.3 Å². The van der Waals surface area contributed by atoms with E-state index >= 15 is 0 Å². The number of imidazole rings is 1. The van der Waals surface area contributed by atoms with Gasteiger partial charge < -0.3 is 15.0 Å². The zero-order valence-corrected chi connectivity index (χ0v) is 9.67. The Morgan fingerprint density at radius 1 is 1.47 bits per heavy atom. The molecule has 0 radical (unpaired) electrons. The first-order valence-electron chi connectivity index (χ1n) is 5.99. The third-order valence-corrected chi connectivity index (χ3v) is 2.97. The molecule has 3 rings (SSSR count). The van der Waals surface area contributed by atoms with Crippen LogP contribution in [0.1, 0.15) is 24.7 Å². The molecule has 0 spiro atoms. The van der Waals surface area contributed by atoms with Gasteiger partial charge in [-0.05, 0) is 18.9 Å². The van der Waals surface area contributed by atoms with Crippen molar-refractivity contribution in [2.45, 2.75) is 25.5 Å². The Balaban J connectivity index is 1.95. The van der Waals surface area contributed by atoms with E-state index < -0.39 is 0 Å². The predicted octanol–water partition coefficient (Wildman–Crippen LogP) is 1.24. The van der Waals surface area contributed by atoms with E-state index in [1.165, 1.54) is 12.8 Å². The average molecular weight is 232 g/mol. The van der Waals surface area contributed by atoms with Crippen LogP contribution in [0.2, 0.25) is 0 Å². The summed E-state index contributed by atoms with van der Waals surface area (Å²) in [7, 11) is 0. The van der Waals surface area contributed by atoms with Gasteiger partial charge in [0, 0.05) is 18.8 Å². The number of pyridine rings is 1. The minimum absolute atomic E-state index is 0.530. The van der Waals surface area contributed by atoms with Crippen LogP contribution in [0.4, 0.5) is 0 Å². The Morgan fingerprint density at radius 2 is 2.35 bits per heavy atom. The molecule has 0 bridgehead atoms. The highest BCUT2D eigenvalue weighted by molar-refractivity contribution is 5.75. The molecule has 5 heteroatoms. The number of aromatic nitrogens is 3. The van der Waals surface area contributed by atoms with Gasteiger partial charge in [0.15, 0.2) is 0 Å². The first-order valence-corrected chi connectivity index (χ1v) is 5.99. The fourth-order valence-electron chi connectivity index (χ4n) is 2.09.